The first-order valence-electron chi connectivity index (χ1n) is 11.6. The van der Waals surface area contributed by atoms with Crippen molar-refractivity contribution in [2.75, 3.05) is 11.5 Å². The Balaban J connectivity index is 1.66. The summed E-state index contributed by atoms with van der Waals surface area (Å²) in [6, 6.07) is 13.1. The van der Waals surface area contributed by atoms with Gasteiger partial charge < -0.3 is 9.47 Å². The summed E-state index contributed by atoms with van der Waals surface area (Å²) in [6.07, 6.45) is 1.44. The fraction of sp³-hybridized carbons (Fsp3) is 0.179. The van der Waals surface area contributed by atoms with Crippen LogP contribution in [-0.2, 0) is 16.2 Å². The van der Waals surface area contributed by atoms with Crippen LogP contribution in [0.4, 0.5) is 10.5 Å². The SMILES string of the molecule is CCOc1cc(/C=C2\C(=O)NC(=O)N(c3ccc(C)c(C)c3)C2=O)cc(I)c1OCc1ccc(Cl)c(Cl)c1. The minimum Gasteiger partial charge on any atom is -0.490 e. The molecule has 0 bridgehead atoms. The molecule has 1 saturated heterocycles. The van der Waals surface area contributed by atoms with Crippen LogP contribution in [-0.4, -0.2) is 24.5 Å². The summed E-state index contributed by atoms with van der Waals surface area (Å²) in [5.74, 6) is -0.535. The molecule has 0 spiro atoms. The Morgan fingerprint density at radius 1 is 0.947 bits per heavy atom. The average Bonchev–Trinajstić information content (AvgIpc) is 2.85. The lowest BCUT2D eigenvalue weighted by Gasteiger charge is -2.27. The molecule has 0 radical (unpaired) electrons. The van der Waals surface area contributed by atoms with Crippen LogP contribution in [0.25, 0.3) is 6.08 Å². The van der Waals surface area contributed by atoms with Crippen molar-refractivity contribution in [1.29, 1.82) is 0 Å². The highest BCUT2D eigenvalue weighted by atomic mass is 127. The number of halogens is 3. The monoisotopic (exact) mass is 664 g/mol. The molecule has 0 saturated carbocycles. The topological polar surface area (TPSA) is 84.9 Å². The van der Waals surface area contributed by atoms with Crippen LogP contribution in [0.3, 0.4) is 0 Å². The number of urea groups is 1. The Morgan fingerprint density at radius 2 is 1.71 bits per heavy atom. The van der Waals surface area contributed by atoms with Gasteiger partial charge in [0.2, 0.25) is 0 Å². The Morgan fingerprint density at radius 3 is 2.39 bits per heavy atom. The predicted molar refractivity (Wildman–Crippen MR) is 156 cm³/mol. The molecule has 0 aromatic heterocycles. The summed E-state index contributed by atoms with van der Waals surface area (Å²) in [4.78, 5) is 39.5. The van der Waals surface area contributed by atoms with Gasteiger partial charge in [-0.2, -0.15) is 0 Å². The lowest BCUT2D eigenvalue weighted by Crippen LogP contribution is -2.54. The largest absolute Gasteiger partial charge is 0.490 e. The molecule has 0 aliphatic carbocycles. The fourth-order valence-corrected chi connectivity index (χ4v) is 4.88. The second kappa shape index (κ2) is 11.8. The second-order valence-corrected chi connectivity index (χ2v) is 10.5. The predicted octanol–water partition coefficient (Wildman–Crippen LogP) is 6.86. The van der Waals surface area contributed by atoms with Crippen LogP contribution in [0.2, 0.25) is 10.0 Å². The van der Waals surface area contributed by atoms with E-state index in [1.54, 1.807) is 36.4 Å². The molecule has 3 aromatic carbocycles. The molecule has 4 rings (SSSR count). The summed E-state index contributed by atoms with van der Waals surface area (Å²) in [6.45, 7) is 6.25. The Kier molecular flexibility index (Phi) is 8.64. The lowest BCUT2D eigenvalue weighted by atomic mass is 10.0. The normalized spacial score (nSPS) is 14.6. The zero-order valence-electron chi connectivity index (χ0n) is 20.7. The minimum atomic E-state index is -0.795. The minimum absolute atomic E-state index is 0.175. The van der Waals surface area contributed by atoms with Crippen molar-refractivity contribution in [2.24, 2.45) is 0 Å². The van der Waals surface area contributed by atoms with E-state index in [1.165, 1.54) is 6.08 Å². The highest BCUT2D eigenvalue weighted by Gasteiger charge is 2.37. The third-order valence-electron chi connectivity index (χ3n) is 5.86. The van der Waals surface area contributed by atoms with E-state index >= 15 is 0 Å². The lowest BCUT2D eigenvalue weighted by molar-refractivity contribution is -0.122. The third-order valence-corrected chi connectivity index (χ3v) is 7.40. The van der Waals surface area contributed by atoms with Gasteiger partial charge in [0, 0.05) is 0 Å². The maximum atomic E-state index is 13.3. The fourth-order valence-electron chi connectivity index (χ4n) is 3.78. The molecule has 0 unspecified atom stereocenters. The number of anilines is 1. The molecular weight excluding hydrogens is 642 g/mol. The quantitative estimate of drug-likeness (QED) is 0.170. The van der Waals surface area contributed by atoms with E-state index in [9.17, 15) is 14.4 Å². The molecule has 1 heterocycles. The number of nitrogens with zero attached hydrogens (tertiary/aromatic N) is 1. The van der Waals surface area contributed by atoms with E-state index in [1.807, 2.05) is 32.9 Å². The van der Waals surface area contributed by atoms with Gasteiger partial charge in [0.1, 0.15) is 12.2 Å². The molecule has 38 heavy (non-hydrogen) atoms. The van der Waals surface area contributed by atoms with Crippen molar-refractivity contribution in [3.63, 3.8) is 0 Å². The van der Waals surface area contributed by atoms with Gasteiger partial charge in [-0.1, -0.05) is 35.3 Å². The third kappa shape index (κ3) is 5.98. The second-order valence-electron chi connectivity index (χ2n) is 8.53. The maximum Gasteiger partial charge on any atom is 0.335 e. The van der Waals surface area contributed by atoms with Gasteiger partial charge in [-0.15, -0.1) is 0 Å². The number of hydrogen-bond donors (Lipinski definition) is 1. The van der Waals surface area contributed by atoms with Crippen molar-refractivity contribution >= 4 is 75.4 Å². The molecule has 3 aromatic rings. The Hall–Kier alpha value is -3.08. The molecular formula is C28H23Cl2IN2O5. The van der Waals surface area contributed by atoms with Gasteiger partial charge in [0.15, 0.2) is 11.5 Å². The molecule has 1 aliphatic heterocycles. The summed E-state index contributed by atoms with van der Waals surface area (Å²) in [5.41, 5.74) is 3.50. The van der Waals surface area contributed by atoms with Crippen LogP contribution in [0.15, 0.2) is 54.1 Å². The average molecular weight is 665 g/mol. The number of rotatable bonds is 7. The zero-order valence-corrected chi connectivity index (χ0v) is 24.4. The first-order chi connectivity index (χ1) is 18.1. The Bertz CT molecular complexity index is 1490. The number of nitrogens with one attached hydrogen (secondary N) is 1. The van der Waals surface area contributed by atoms with Crippen LogP contribution in [0.5, 0.6) is 11.5 Å². The van der Waals surface area contributed by atoms with E-state index in [0.29, 0.717) is 43.0 Å². The van der Waals surface area contributed by atoms with Crippen LogP contribution in [0, 0.1) is 17.4 Å². The maximum absolute atomic E-state index is 13.3. The van der Waals surface area contributed by atoms with Crippen molar-refractivity contribution in [2.45, 2.75) is 27.4 Å². The summed E-state index contributed by atoms with van der Waals surface area (Å²) >= 11 is 14.2. The number of barbiturate groups is 1. The summed E-state index contributed by atoms with van der Waals surface area (Å²) in [5, 5.41) is 3.14. The van der Waals surface area contributed by atoms with Crippen molar-refractivity contribution in [3.8, 4) is 11.5 Å². The van der Waals surface area contributed by atoms with Gasteiger partial charge in [-0.3, -0.25) is 14.9 Å². The van der Waals surface area contributed by atoms with Crippen molar-refractivity contribution in [3.05, 3.63) is 90.0 Å². The zero-order chi connectivity index (χ0) is 27.6. The molecule has 10 heteroatoms. The van der Waals surface area contributed by atoms with Crippen LogP contribution in [0.1, 0.15) is 29.2 Å². The van der Waals surface area contributed by atoms with Gasteiger partial charge in [0.05, 0.1) is 25.9 Å². The standard InChI is InChI=1S/C28H23Cl2IN2O5/c1-4-37-24-13-18(12-23(31)25(24)38-14-17-6-8-21(29)22(30)11-17)10-20-26(34)32-28(36)33(27(20)35)19-7-5-15(2)16(3)9-19/h5-13H,4,14H2,1-3H3,(H,32,34,36)/b20-10+. The van der Waals surface area contributed by atoms with Gasteiger partial charge in [-0.25, -0.2) is 9.69 Å². The Labute approximate surface area is 243 Å². The number of carbonyl (C=O) groups excluding carboxylic acids is 3. The molecule has 4 amide bonds. The smallest absolute Gasteiger partial charge is 0.335 e. The first kappa shape index (κ1) is 27.9. The number of aryl methyl sites for hydroxylation is 2. The van der Waals surface area contributed by atoms with Crippen LogP contribution < -0.4 is 19.7 Å². The molecule has 1 aliphatic rings. The first-order valence-corrected chi connectivity index (χ1v) is 13.4. The number of benzene rings is 3. The number of hydrogen-bond acceptors (Lipinski definition) is 5. The van der Waals surface area contributed by atoms with E-state index in [2.05, 4.69) is 27.9 Å². The van der Waals surface area contributed by atoms with Gasteiger partial charge in [-0.05, 0) is 108 Å². The number of imide groups is 2. The molecule has 1 fully saturated rings. The number of carbonyl (C=O) groups is 3. The van der Waals surface area contributed by atoms with E-state index < -0.39 is 17.8 Å². The molecule has 1 N–H and O–H groups in total. The molecule has 196 valence electrons. The highest BCUT2D eigenvalue weighted by Crippen LogP contribution is 2.36. The molecule has 7 nitrogen and oxygen atoms in total. The van der Waals surface area contributed by atoms with E-state index in [0.717, 1.165) is 21.6 Å². The summed E-state index contributed by atoms with van der Waals surface area (Å²) < 4.78 is 12.6. The molecule has 0 atom stereocenters. The number of ether oxygens (including phenoxy) is 2. The van der Waals surface area contributed by atoms with Gasteiger partial charge >= 0.3 is 6.03 Å². The highest BCUT2D eigenvalue weighted by molar-refractivity contribution is 14.1. The van der Waals surface area contributed by atoms with Crippen molar-refractivity contribution < 1.29 is 23.9 Å². The van der Waals surface area contributed by atoms with Gasteiger partial charge in [0.25, 0.3) is 11.8 Å². The summed E-state index contributed by atoms with van der Waals surface area (Å²) in [7, 11) is 0. The van der Waals surface area contributed by atoms with Crippen molar-refractivity contribution in [1.82, 2.24) is 5.32 Å². The van der Waals surface area contributed by atoms with Crippen LogP contribution >= 0.6 is 45.8 Å². The number of amides is 4. The van der Waals surface area contributed by atoms with E-state index in [4.69, 9.17) is 32.7 Å². The van der Waals surface area contributed by atoms with E-state index in [-0.39, 0.29) is 12.2 Å².